The van der Waals surface area contributed by atoms with Crippen molar-refractivity contribution in [3.8, 4) is 0 Å². The van der Waals surface area contributed by atoms with E-state index in [-0.39, 0.29) is 11.9 Å². The highest BCUT2D eigenvalue weighted by Crippen LogP contribution is 2.21. The molecule has 1 aromatic rings. The fraction of sp³-hybridized carbons (Fsp3) is 0.333. The van der Waals surface area contributed by atoms with Crippen LogP contribution < -0.4 is 11.5 Å². The zero-order valence-corrected chi connectivity index (χ0v) is 8.05. The summed E-state index contributed by atoms with van der Waals surface area (Å²) in [5, 5.41) is 0.465. The van der Waals surface area contributed by atoms with Crippen molar-refractivity contribution in [1.29, 1.82) is 0 Å². The maximum absolute atomic E-state index is 13.2. The Bertz CT molecular complexity index is 302. The normalized spacial score (nSPS) is 15.5. The van der Waals surface area contributed by atoms with Gasteiger partial charge in [-0.15, -0.1) is 0 Å². The molecule has 0 amide bonds. The molecule has 0 aliphatic carbocycles. The third-order valence-corrected chi connectivity index (χ3v) is 2.12. The Labute approximate surface area is 81.7 Å². The SMILES string of the molecule is CC(N)C(N)c1cc(Cl)ccc1F. The summed E-state index contributed by atoms with van der Waals surface area (Å²) in [7, 11) is 0. The van der Waals surface area contributed by atoms with Gasteiger partial charge in [0, 0.05) is 22.7 Å². The van der Waals surface area contributed by atoms with Gasteiger partial charge >= 0.3 is 0 Å². The van der Waals surface area contributed by atoms with E-state index >= 15 is 0 Å². The monoisotopic (exact) mass is 202 g/mol. The summed E-state index contributed by atoms with van der Waals surface area (Å²) in [6.07, 6.45) is 0. The number of benzene rings is 1. The first kappa shape index (κ1) is 10.4. The zero-order chi connectivity index (χ0) is 10.0. The Hall–Kier alpha value is -0.640. The molecule has 1 aromatic carbocycles. The molecule has 0 aromatic heterocycles. The largest absolute Gasteiger partial charge is 0.326 e. The van der Waals surface area contributed by atoms with Gasteiger partial charge < -0.3 is 11.5 Å². The number of hydrogen-bond acceptors (Lipinski definition) is 2. The Morgan fingerprint density at radius 2 is 2.00 bits per heavy atom. The lowest BCUT2D eigenvalue weighted by Crippen LogP contribution is -2.31. The van der Waals surface area contributed by atoms with Gasteiger partial charge in [-0.1, -0.05) is 11.6 Å². The molecule has 0 radical (unpaired) electrons. The molecule has 4 heteroatoms. The van der Waals surface area contributed by atoms with E-state index in [1.807, 2.05) is 0 Å². The minimum absolute atomic E-state index is 0.298. The van der Waals surface area contributed by atoms with Crippen LogP contribution >= 0.6 is 11.6 Å². The first-order valence-electron chi connectivity index (χ1n) is 3.98. The van der Waals surface area contributed by atoms with Crippen molar-refractivity contribution < 1.29 is 4.39 Å². The Morgan fingerprint density at radius 1 is 1.38 bits per heavy atom. The van der Waals surface area contributed by atoms with Gasteiger partial charge in [-0.2, -0.15) is 0 Å². The van der Waals surface area contributed by atoms with Crippen molar-refractivity contribution in [3.63, 3.8) is 0 Å². The van der Waals surface area contributed by atoms with Crippen LogP contribution in [0.3, 0.4) is 0 Å². The van der Waals surface area contributed by atoms with Crippen molar-refractivity contribution in [2.75, 3.05) is 0 Å². The van der Waals surface area contributed by atoms with Crippen LogP contribution in [0.25, 0.3) is 0 Å². The molecule has 72 valence electrons. The topological polar surface area (TPSA) is 52.0 Å². The summed E-state index contributed by atoms with van der Waals surface area (Å²) in [5.41, 5.74) is 11.6. The van der Waals surface area contributed by atoms with Crippen LogP contribution in [0.5, 0.6) is 0 Å². The van der Waals surface area contributed by atoms with E-state index in [0.29, 0.717) is 10.6 Å². The standard InChI is InChI=1S/C9H12ClFN2/c1-5(12)9(13)7-4-6(10)2-3-8(7)11/h2-5,9H,12-13H2,1H3. The van der Waals surface area contributed by atoms with Gasteiger partial charge in [-0.05, 0) is 25.1 Å². The summed E-state index contributed by atoms with van der Waals surface area (Å²) >= 11 is 5.70. The van der Waals surface area contributed by atoms with Crippen molar-refractivity contribution in [1.82, 2.24) is 0 Å². The second kappa shape index (κ2) is 4.05. The summed E-state index contributed by atoms with van der Waals surface area (Å²) in [4.78, 5) is 0. The van der Waals surface area contributed by atoms with Gasteiger partial charge in [-0.3, -0.25) is 0 Å². The van der Waals surface area contributed by atoms with Crippen molar-refractivity contribution in [3.05, 3.63) is 34.6 Å². The highest BCUT2D eigenvalue weighted by atomic mass is 35.5. The van der Waals surface area contributed by atoms with Crippen molar-refractivity contribution in [2.24, 2.45) is 11.5 Å². The number of hydrogen-bond donors (Lipinski definition) is 2. The third-order valence-electron chi connectivity index (χ3n) is 1.88. The summed E-state index contributed by atoms with van der Waals surface area (Å²) in [5.74, 6) is -0.366. The van der Waals surface area contributed by atoms with Crippen LogP contribution in [0.15, 0.2) is 18.2 Å². The summed E-state index contributed by atoms with van der Waals surface area (Å²) in [6, 6.07) is 3.46. The Morgan fingerprint density at radius 3 is 2.54 bits per heavy atom. The first-order chi connectivity index (χ1) is 6.02. The molecule has 2 atom stereocenters. The van der Waals surface area contributed by atoms with Crippen molar-refractivity contribution in [2.45, 2.75) is 19.0 Å². The maximum atomic E-state index is 13.2. The predicted octanol–water partition coefficient (Wildman–Crippen LogP) is 1.83. The molecule has 2 unspecified atom stereocenters. The van der Waals surface area contributed by atoms with Gasteiger partial charge in [-0.25, -0.2) is 4.39 Å². The molecular formula is C9H12ClFN2. The summed E-state index contributed by atoms with van der Waals surface area (Å²) in [6.45, 7) is 1.73. The van der Waals surface area contributed by atoms with Crippen LogP contribution in [-0.4, -0.2) is 6.04 Å². The van der Waals surface area contributed by atoms with E-state index < -0.39 is 6.04 Å². The van der Waals surface area contributed by atoms with Gasteiger partial charge in [0.25, 0.3) is 0 Å². The van der Waals surface area contributed by atoms with E-state index in [0.717, 1.165) is 0 Å². The quantitative estimate of drug-likeness (QED) is 0.769. The third kappa shape index (κ3) is 2.40. The number of rotatable bonds is 2. The molecule has 0 bridgehead atoms. The van der Waals surface area contributed by atoms with Gasteiger partial charge in [0.05, 0.1) is 0 Å². The van der Waals surface area contributed by atoms with Gasteiger partial charge in [0.2, 0.25) is 0 Å². The molecule has 13 heavy (non-hydrogen) atoms. The van der Waals surface area contributed by atoms with E-state index in [2.05, 4.69) is 0 Å². The van der Waals surface area contributed by atoms with E-state index in [4.69, 9.17) is 23.1 Å². The van der Waals surface area contributed by atoms with E-state index in [1.54, 1.807) is 6.92 Å². The van der Waals surface area contributed by atoms with Crippen LogP contribution in [0.1, 0.15) is 18.5 Å². The molecule has 2 nitrogen and oxygen atoms in total. The minimum atomic E-state index is -0.515. The molecule has 0 heterocycles. The molecule has 1 rings (SSSR count). The molecule has 4 N–H and O–H groups in total. The minimum Gasteiger partial charge on any atom is -0.326 e. The highest BCUT2D eigenvalue weighted by Gasteiger charge is 2.15. The average molecular weight is 203 g/mol. The molecule has 0 saturated carbocycles. The smallest absolute Gasteiger partial charge is 0.128 e. The molecular weight excluding hydrogens is 191 g/mol. The number of halogens is 2. The molecule has 0 saturated heterocycles. The predicted molar refractivity (Wildman–Crippen MR) is 52.0 cm³/mol. The first-order valence-corrected chi connectivity index (χ1v) is 4.36. The lowest BCUT2D eigenvalue weighted by Gasteiger charge is -2.16. The van der Waals surface area contributed by atoms with Crippen LogP contribution in [0.4, 0.5) is 4.39 Å². The molecule has 0 spiro atoms. The highest BCUT2D eigenvalue weighted by molar-refractivity contribution is 6.30. The van der Waals surface area contributed by atoms with Gasteiger partial charge in [0.15, 0.2) is 0 Å². The fourth-order valence-corrected chi connectivity index (χ4v) is 1.23. The number of nitrogens with two attached hydrogens (primary N) is 2. The molecule has 0 aliphatic heterocycles. The fourth-order valence-electron chi connectivity index (χ4n) is 1.05. The van der Waals surface area contributed by atoms with Crippen LogP contribution in [-0.2, 0) is 0 Å². The van der Waals surface area contributed by atoms with Crippen LogP contribution in [0.2, 0.25) is 5.02 Å². The lowest BCUT2D eigenvalue weighted by atomic mass is 10.0. The Kier molecular flexibility index (Phi) is 3.25. The molecule has 0 aliphatic rings. The molecule has 0 fully saturated rings. The average Bonchev–Trinajstić information content (AvgIpc) is 2.08. The maximum Gasteiger partial charge on any atom is 0.128 e. The van der Waals surface area contributed by atoms with E-state index in [1.165, 1.54) is 18.2 Å². The Balaban J connectivity index is 3.05. The van der Waals surface area contributed by atoms with Gasteiger partial charge in [0.1, 0.15) is 5.82 Å². The van der Waals surface area contributed by atoms with E-state index in [9.17, 15) is 4.39 Å². The zero-order valence-electron chi connectivity index (χ0n) is 7.30. The van der Waals surface area contributed by atoms with Crippen molar-refractivity contribution >= 4 is 11.6 Å². The second-order valence-corrected chi connectivity index (χ2v) is 3.49. The summed E-state index contributed by atoms with van der Waals surface area (Å²) < 4.78 is 13.2. The second-order valence-electron chi connectivity index (χ2n) is 3.05. The van der Waals surface area contributed by atoms with Crippen LogP contribution in [0, 0.1) is 5.82 Å². The lowest BCUT2D eigenvalue weighted by molar-refractivity contribution is 0.536.